The summed E-state index contributed by atoms with van der Waals surface area (Å²) >= 11 is 0. The Labute approximate surface area is 237 Å². The molecule has 2 aromatic carbocycles. The van der Waals surface area contributed by atoms with Gasteiger partial charge in [0.25, 0.3) is 0 Å². The third kappa shape index (κ3) is 5.34. The number of rotatable bonds is 6. The fraction of sp³-hybridized carbons (Fsp3) is 0.250. The first-order valence-electron chi connectivity index (χ1n) is 13.6. The SMILES string of the molecule is COc1ncccc1Nc1cc2nc3cc(C#N)ccc3n(-c3ccc(F)cc3)c-2c/c1=N\C1CCC(OC)CC1. The summed E-state index contributed by atoms with van der Waals surface area (Å²) in [7, 11) is 3.35. The molecule has 3 aliphatic rings. The molecule has 1 N–H and O–H groups in total. The van der Waals surface area contributed by atoms with Gasteiger partial charge >= 0.3 is 0 Å². The summed E-state index contributed by atoms with van der Waals surface area (Å²) < 4.78 is 27.0. The molecular weight excluding hydrogens is 519 g/mol. The van der Waals surface area contributed by atoms with Gasteiger partial charge in [0.05, 0.1) is 64.4 Å². The molecule has 2 aliphatic carbocycles. The van der Waals surface area contributed by atoms with Gasteiger partial charge in [-0.15, -0.1) is 0 Å². The molecule has 0 amide bonds. The lowest BCUT2D eigenvalue weighted by Gasteiger charge is -2.25. The quantitative estimate of drug-likeness (QED) is 0.256. The van der Waals surface area contributed by atoms with Crippen molar-refractivity contribution in [3.8, 4) is 29.0 Å². The zero-order chi connectivity index (χ0) is 28.3. The molecule has 0 saturated heterocycles. The van der Waals surface area contributed by atoms with Gasteiger partial charge in [-0.1, -0.05) is 0 Å². The zero-order valence-corrected chi connectivity index (χ0v) is 22.8. The van der Waals surface area contributed by atoms with Crippen LogP contribution in [0.3, 0.4) is 0 Å². The molecule has 0 atom stereocenters. The Morgan fingerprint density at radius 2 is 1.80 bits per heavy atom. The Kier molecular flexibility index (Phi) is 7.32. The summed E-state index contributed by atoms with van der Waals surface area (Å²) in [4.78, 5) is 14.5. The fourth-order valence-corrected chi connectivity index (χ4v) is 5.44. The summed E-state index contributed by atoms with van der Waals surface area (Å²) in [5.41, 5.74) is 5.67. The van der Waals surface area contributed by atoms with Crippen molar-refractivity contribution in [2.24, 2.45) is 4.99 Å². The Morgan fingerprint density at radius 1 is 1.00 bits per heavy atom. The Hall–Kier alpha value is -4.81. The largest absolute Gasteiger partial charge is 0.480 e. The zero-order valence-electron chi connectivity index (χ0n) is 22.8. The monoisotopic (exact) mass is 548 g/mol. The number of benzene rings is 3. The van der Waals surface area contributed by atoms with Crippen LogP contribution in [0.4, 0.5) is 15.8 Å². The van der Waals surface area contributed by atoms with Gasteiger partial charge in [0, 0.05) is 19.0 Å². The van der Waals surface area contributed by atoms with Crippen molar-refractivity contribution >= 4 is 22.4 Å². The van der Waals surface area contributed by atoms with Crippen LogP contribution in [-0.2, 0) is 4.74 Å². The topological polar surface area (TPSA) is 97.3 Å². The minimum absolute atomic E-state index is 0.140. The van der Waals surface area contributed by atoms with E-state index in [1.54, 1.807) is 44.7 Å². The number of nitrogens with one attached hydrogen (secondary N) is 1. The van der Waals surface area contributed by atoms with Crippen LogP contribution >= 0.6 is 0 Å². The van der Waals surface area contributed by atoms with Gasteiger partial charge in [-0.05, 0) is 92.4 Å². The second-order valence-corrected chi connectivity index (χ2v) is 10.1. The second kappa shape index (κ2) is 11.4. The molecule has 6 rings (SSSR count). The maximum atomic E-state index is 13.9. The molecule has 1 saturated carbocycles. The van der Waals surface area contributed by atoms with Gasteiger partial charge in [0.2, 0.25) is 5.88 Å². The molecule has 41 heavy (non-hydrogen) atoms. The number of hydrogen-bond donors (Lipinski definition) is 1. The van der Waals surface area contributed by atoms with E-state index < -0.39 is 0 Å². The number of anilines is 2. The second-order valence-electron chi connectivity index (χ2n) is 10.1. The van der Waals surface area contributed by atoms with Crippen LogP contribution in [0, 0.1) is 17.1 Å². The van der Waals surface area contributed by atoms with Crippen LogP contribution < -0.4 is 15.4 Å². The van der Waals surface area contributed by atoms with E-state index in [0.717, 1.165) is 53.6 Å². The number of fused-ring (bicyclic) bond motifs is 2. The van der Waals surface area contributed by atoms with Crippen LogP contribution in [0.15, 0.2) is 77.9 Å². The maximum Gasteiger partial charge on any atom is 0.237 e. The van der Waals surface area contributed by atoms with E-state index in [1.165, 1.54) is 12.1 Å². The number of nitrogens with zero attached hydrogens (tertiary/aromatic N) is 5. The molecule has 1 aliphatic heterocycles. The van der Waals surface area contributed by atoms with Crippen molar-refractivity contribution < 1.29 is 13.9 Å². The summed E-state index contributed by atoms with van der Waals surface area (Å²) in [6.07, 6.45) is 5.72. The third-order valence-electron chi connectivity index (χ3n) is 7.54. The van der Waals surface area contributed by atoms with Crippen LogP contribution in [0.25, 0.3) is 28.1 Å². The van der Waals surface area contributed by atoms with Gasteiger partial charge in [-0.3, -0.25) is 4.99 Å². The molecule has 1 aromatic heterocycles. The maximum absolute atomic E-state index is 13.9. The number of ether oxygens (including phenoxy) is 2. The molecule has 9 heteroatoms. The van der Waals surface area contributed by atoms with Gasteiger partial charge in [-0.2, -0.15) is 5.26 Å². The van der Waals surface area contributed by atoms with E-state index in [2.05, 4.69) is 16.4 Å². The van der Waals surface area contributed by atoms with E-state index >= 15 is 0 Å². The minimum Gasteiger partial charge on any atom is -0.480 e. The highest BCUT2D eigenvalue weighted by atomic mass is 19.1. The first-order chi connectivity index (χ1) is 20.1. The lowest BCUT2D eigenvalue weighted by Crippen LogP contribution is -2.25. The van der Waals surface area contributed by atoms with Gasteiger partial charge in [-0.25, -0.2) is 14.4 Å². The molecule has 8 nitrogen and oxygen atoms in total. The lowest BCUT2D eigenvalue weighted by molar-refractivity contribution is 0.0663. The molecule has 206 valence electrons. The number of aromatic nitrogens is 3. The van der Waals surface area contributed by atoms with Crippen LogP contribution in [0.1, 0.15) is 31.2 Å². The highest BCUT2D eigenvalue weighted by Crippen LogP contribution is 2.32. The number of nitriles is 1. The first-order valence-corrected chi connectivity index (χ1v) is 13.6. The summed E-state index contributed by atoms with van der Waals surface area (Å²) in [5.74, 6) is 0.147. The van der Waals surface area contributed by atoms with Crippen LogP contribution in [0.2, 0.25) is 0 Å². The standard InChI is InChI=1S/C32H29FN6O2/c1-40-24-12-8-22(9-13-24)36-27-18-31-29(17-26(27)37-25-4-3-15-35-32(25)41-2)38-28-16-20(19-34)5-14-30(28)39(31)23-10-6-21(33)7-11-23/h3-7,10-11,14-18,22,24,37H,8-9,12-13H2,1-2H3/b36-27+. The molecule has 0 unspecified atom stereocenters. The third-order valence-corrected chi connectivity index (χ3v) is 7.54. The van der Waals surface area contributed by atoms with Crippen LogP contribution in [-0.4, -0.2) is 40.9 Å². The van der Waals surface area contributed by atoms with Crippen molar-refractivity contribution in [1.29, 1.82) is 5.26 Å². The summed E-state index contributed by atoms with van der Waals surface area (Å²) in [6.45, 7) is 0. The predicted octanol–water partition coefficient (Wildman–Crippen LogP) is 6.15. The molecule has 0 spiro atoms. The van der Waals surface area contributed by atoms with Crippen molar-refractivity contribution in [2.75, 3.05) is 19.5 Å². The van der Waals surface area contributed by atoms with Crippen molar-refractivity contribution in [1.82, 2.24) is 14.5 Å². The van der Waals surface area contributed by atoms with Gasteiger partial charge in [0.1, 0.15) is 11.5 Å². The smallest absolute Gasteiger partial charge is 0.237 e. The number of pyridine rings is 1. The predicted molar refractivity (Wildman–Crippen MR) is 155 cm³/mol. The van der Waals surface area contributed by atoms with E-state index in [-0.39, 0.29) is 18.0 Å². The average Bonchev–Trinajstić information content (AvgIpc) is 3.01. The normalized spacial score (nSPS) is 17.5. The van der Waals surface area contributed by atoms with E-state index in [1.807, 2.05) is 34.9 Å². The van der Waals surface area contributed by atoms with Crippen molar-refractivity contribution in [2.45, 2.75) is 37.8 Å². The number of methoxy groups -OCH3 is 2. The number of halogens is 1. The lowest BCUT2D eigenvalue weighted by atomic mass is 9.93. The average molecular weight is 549 g/mol. The first kappa shape index (κ1) is 26.4. The van der Waals surface area contributed by atoms with Gasteiger partial charge < -0.3 is 19.4 Å². The van der Waals surface area contributed by atoms with E-state index in [9.17, 15) is 9.65 Å². The molecule has 0 radical (unpaired) electrons. The van der Waals surface area contributed by atoms with Crippen LogP contribution in [0.5, 0.6) is 5.88 Å². The summed E-state index contributed by atoms with van der Waals surface area (Å²) in [5, 5.41) is 13.8. The highest BCUT2D eigenvalue weighted by Gasteiger charge is 2.22. The van der Waals surface area contributed by atoms with Crippen molar-refractivity contribution in [3.63, 3.8) is 0 Å². The van der Waals surface area contributed by atoms with E-state index in [4.69, 9.17) is 19.5 Å². The molecule has 2 heterocycles. The Bertz CT molecular complexity index is 1790. The molecule has 3 aromatic rings. The molecule has 0 bridgehead atoms. The highest BCUT2D eigenvalue weighted by molar-refractivity contribution is 5.85. The number of hydrogen-bond acceptors (Lipinski definition) is 7. The molecule has 1 fully saturated rings. The van der Waals surface area contributed by atoms with Crippen molar-refractivity contribution in [3.05, 3.63) is 89.7 Å². The summed E-state index contributed by atoms with van der Waals surface area (Å²) in [6, 6.07) is 21.8. The van der Waals surface area contributed by atoms with Gasteiger partial charge in [0.15, 0.2) is 0 Å². The van der Waals surface area contributed by atoms with E-state index in [0.29, 0.717) is 28.3 Å². The Morgan fingerprint density at radius 3 is 2.54 bits per heavy atom. The fourth-order valence-electron chi connectivity index (χ4n) is 5.44. The molecular formula is C32H29FN6O2. The Balaban J connectivity index is 1.61. The minimum atomic E-state index is -0.317.